The first-order valence-corrected chi connectivity index (χ1v) is 9.86. The Labute approximate surface area is 163 Å². The van der Waals surface area contributed by atoms with Crippen LogP contribution in [0.5, 0.6) is 0 Å². The van der Waals surface area contributed by atoms with Crippen molar-refractivity contribution in [2.24, 2.45) is 0 Å². The van der Waals surface area contributed by atoms with E-state index in [2.05, 4.69) is 20.7 Å². The molecular weight excluding hydrogens is 364 g/mol. The molecule has 3 heterocycles. The maximum atomic E-state index is 12.6. The molecule has 0 aromatic carbocycles. The van der Waals surface area contributed by atoms with Gasteiger partial charge >= 0.3 is 0 Å². The molecule has 1 aromatic rings. The van der Waals surface area contributed by atoms with E-state index in [1.54, 1.807) is 11.8 Å². The third-order valence-electron chi connectivity index (χ3n) is 5.29. The van der Waals surface area contributed by atoms with Gasteiger partial charge in [0.25, 0.3) is 5.91 Å². The molecule has 3 N–H and O–H groups in total. The molecule has 0 aliphatic carbocycles. The number of carbonyl (C=O) groups excluding carboxylic acids is 3. The molecule has 0 saturated carbocycles. The van der Waals surface area contributed by atoms with Gasteiger partial charge in [0, 0.05) is 45.1 Å². The number of aliphatic hydroxyl groups excluding tert-OH is 1. The Balaban J connectivity index is 1.51. The van der Waals surface area contributed by atoms with Gasteiger partial charge in [0.05, 0.1) is 11.8 Å². The highest BCUT2D eigenvalue weighted by molar-refractivity contribution is 5.93. The third kappa shape index (κ3) is 5.06. The summed E-state index contributed by atoms with van der Waals surface area (Å²) in [6.45, 7) is 3.28. The number of hydrogen-bond acceptors (Lipinski definition) is 6. The summed E-state index contributed by atoms with van der Waals surface area (Å²) in [4.78, 5) is 40.2. The summed E-state index contributed by atoms with van der Waals surface area (Å²) in [6, 6.07) is -0.341. The number of H-pyrrole nitrogens is 1. The van der Waals surface area contributed by atoms with Crippen molar-refractivity contribution in [3.63, 3.8) is 0 Å². The van der Waals surface area contributed by atoms with Gasteiger partial charge in [-0.25, -0.2) is 0 Å². The predicted molar refractivity (Wildman–Crippen MR) is 99.2 cm³/mol. The first-order chi connectivity index (χ1) is 13.4. The van der Waals surface area contributed by atoms with Crippen molar-refractivity contribution in [3.05, 3.63) is 11.4 Å². The molecule has 1 aromatic heterocycles. The van der Waals surface area contributed by atoms with Gasteiger partial charge in [0.2, 0.25) is 11.8 Å². The van der Waals surface area contributed by atoms with Crippen LogP contribution >= 0.6 is 0 Å². The van der Waals surface area contributed by atoms with Crippen LogP contribution in [0.1, 0.15) is 54.7 Å². The molecule has 10 heteroatoms. The Bertz CT molecular complexity index is 721. The molecule has 3 rings (SSSR count). The number of nitrogens with one attached hydrogen (secondary N) is 2. The van der Waals surface area contributed by atoms with Gasteiger partial charge in [0.15, 0.2) is 5.69 Å². The summed E-state index contributed by atoms with van der Waals surface area (Å²) in [5.41, 5.74) is 0.714. The Morgan fingerprint density at radius 1 is 1.25 bits per heavy atom. The molecule has 0 radical (unpaired) electrons. The van der Waals surface area contributed by atoms with E-state index in [0.29, 0.717) is 38.2 Å². The van der Waals surface area contributed by atoms with Gasteiger partial charge in [-0.2, -0.15) is 15.4 Å². The highest BCUT2D eigenvalue weighted by Gasteiger charge is 2.32. The van der Waals surface area contributed by atoms with Crippen molar-refractivity contribution in [3.8, 4) is 0 Å². The molecule has 0 spiro atoms. The summed E-state index contributed by atoms with van der Waals surface area (Å²) >= 11 is 0. The summed E-state index contributed by atoms with van der Waals surface area (Å²) in [6.07, 6.45) is 3.36. The van der Waals surface area contributed by atoms with Crippen LogP contribution in [0.4, 0.5) is 0 Å². The number of amides is 3. The lowest BCUT2D eigenvalue weighted by Gasteiger charge is -2.35. The van der Waals surface area contributed by atoms with Crippen LogP contribution in [-0.4, -0.2) is 86.4 Å². The number of β-amino-alcohol motifs (C(OH)–C–C–N with tert-alkyl or cyclic N) is 1. The average molecular weight is 392 g/mol. The normalized spacial score (nSPS) is 23.4. The molecule has 154 valence electrons. The minimum atomic E-state index is -0.720. The Morgan fingerprint density at radius 2 is 2.07 bits per heavy atom. The molecule has 2 atom stereocenters. The lowest BCUT2D eigenvalue weighted by atomic mass is 10.0. The van der Waals surface area contributed by atoms with Gasteiger partial charge in [-0.05, 0) is 26.2 Å². The number of aromatic amines is 1. The van der Waals surface area contributed by atoms with Crippen molar-refractivity contribution in [1.29, 1.82) is 0 Å². The molecule has 0 bridgehead atoms. The lowest BCUT2D eigenvalue weighted by molar-refractivity contribution is -0.131. The molecule has 2 fully saturated rings. The molecule has 2 aliphatic heterocycles. The number of likely N-dealkylation sites (tertiary alicyclic amines) is 2. The van der Waals surface area contributed by atoms with Crippen LogP contribution in [-0.2, 0) is 9.59 Å². The van der Waals surface area contributed by atoms with Crippen LogP contribution in [0.3, 0.4) is 0 Å². The van der Waals surface area contributed by atoms with Gasteiger partial charge < -0.3 is 20.2 Å². The molecule has 3 amide bonds. The Hall–Kier alpha value is -2.49. The molecule has 2 aliphatic rings. The second-order valence-electron chi connectivity index (χ2n) is 7.56. The Kier molecular flexibility index (Phi) is 6.61. The number of piperidine rings is 1. The van der Waals surface area contributed by atoms with Crippen LogP contribution < -0.4 is 5.32 Å². The quantitative estimate of drug-likeness (QED) is 0.625. The zero-order valence-electron chi connectivity index (χ0n) is 16.2. The van der Waals surface area contributed by atoms with Crippen molar-refractivity contribution >= 4 is 17.7 Å². The maximum absolute atomic E-state index is 12.6. The fraction of sp³-hybridized carbons (Fsp3) is 0.722. The van der Waals surface area contributed by atoms with Crippen LogP contribution in [0.2, 0.25) is 0 Å². The first-order valence-electron chi connectivity index (χ1n) is 9.86. The van der Waals surface area contributed by atoms with Crippen molar-refractivity contribution in [2.45, 2.75) is 57.6 Å². The maximum Gasteiger partial charge on any atom is 0.276 e. The second-order valence-corrected chi connectivity index (χ2v) is 7.56. The largest absolute Gasteiger partial charge is 0.391 e. The van der Waals surface area contributed by atoms with E-state index in [9.17, 15) is 19.5 Å². The average Bonchev–Trinajstić information content (AvgIpc) is 2.97. The number of nitrogens with zero attached hydrogens (tertiary/aromatic N) is 4. The summed E-state index contributed by atoms with van der Waals surface area (Å²) < 4.78 is 0. The predicted octanol–water partition coefficient (Wildman–Crippen LogP) is -0.403. The lowest BCUT2D eigenvalue weighted by Crippen LogP contribution is -2.54. The van der Waals surface area contributed by atoms with E-state index in [4.69, 9.17) is 0 Å². The summed E-state index contributed by atoms with van der Waals surface area (Å²) in [7, 11) is 0. The number of hydrogen-bond donors (Lipinski definition) is 3. The number of aryl methyl sites for hydroxylation is 1. The minimum absolute atomic E-state index is 0.109. The monoisotopic (exact) mass is 392 g/mol. The second kappa shape index (κ2) is 9.13. The topological polar surface area (TPSA) is 132 Å². The SMILES string of the molecule is Cc1n[nH]nc1C(=O)N1C[C@H](O)C[C@H](NC(=O)CCN2CCCCCC2=O)C1. The molecule has 0 unspecified atom stereocenters. The fourth-order valence-corrected chi connectivity index (χ4v) is 3.79. The smallest absolute Gasteiger partial charge is 0.276 e. The molecule has 10 nitrogen and oxygen atoms in total. The van der Waals surface area contributed by atoms with Crippen molar-refractivity contribution in [1.82, 2.24) is 30.5 Å². The summed E-state index contributed by atoms with van der Waals surface area (Å²) in [5.74, 6) is -0.390. The summed E-state index contributed by atoms with van der Waals surface area (Å²) in [5, 5.41) is 23.2. The van der Waals surface area contributed by atoms with E-state index in [-0.39, 0.29) is 42.4 Å². The van der Waals surface area contributed by atoms with Gasteiger partial charge in [-0.15, -0.1) is 0 Å². The molecule has 2 saturated heterocycles. The Morgan fingerprint density at radius 3 is 2.82 bits per heavy atom. The fourth-order valence-electron chi connectivity index (χ4n) is 3.79. The zero-order valence-corrected chi connectivity index (χ0v) is 16.2. The highest BCUT2D eigenvalue weighted by atomic mass is 16.3. The standard InChI is InChI=1S/C18H28N6O4/c1-12-17(21-22-20-12)18(28)24-10-13(9-14(25)11-24)19-15(26)6-8-23-7-4-2-3-5-16(23)27/h13-14,25H,2-11H2,1H3,(H,19,26)(H,20,21,22)/t13-,14+/m0/s1. The third-order valence-corrected chi connectivity index (χ3v) is 5.29. The molecule has 28 heavy (non-hydrogen) atoms. The molecular formula is C18H28N6O4. The van der Waals surface area contributed by atoms with Crippen LogP contribution in [0.25, 0.3) is 0 Å². The highest BCUT2D eigenvalue weighted by Crippen LogP contribution is 2.15. The van der Waals surface area contributed by atoms with E-state index >= 15 is 0 Å². The van der Waals surface area contributed by atoms with E-state index < -0.39 is 6.10 Å². The number of rotatable bonds is 5. The van der Waals surface area contributed by atoms with Crippen LogP contribution in [0, 0.1) is 6.92 Å². The zero-order chi connectivity index (χ0) is 20.1. The number of aromatic nitrogens is 3. The number of aliphatic hydroxyl groups is 1. The van der Waals surface area contributed by atoms with Gasteiger partial charge in [-0.1, -0.05) is 6.42 Å². The minimum Gasteiger partial charge on any atom is -0.391 e. The van der Waals surface area contributed by atoms with Crippen molar-refractivity contribution < 1.29 is 19.5 Å². The van der Waals surface area contributed by atoms with Gasteiger partial charge in [-0.3, -0.25) is 14.4 Å². The van der Waals surface area contributed by atoms with Crippen LogP contribution in [0.15, 0.2) is 0 Å². The van der Waals surface area contributed by atoms with E-state index in [0.717, 1.165) is 19.3 Å². The van der Waals surface area contributed by atoms with E-state index in [1.165, 1.54) is 4.90 Å². The van der Waals surface area contributed by atoms with Gasteiger partial charge in [0.1, 0.15) is 0 Å². The van der Waals surface area contributed by atoms with E-state index in [1.807, 2.05) is 0 Å². The number of carbonyl (C=O) groups is 3. The first kappa shape index (κ1) is 20.2. The van der Waals surface area contributed by atoms with Crippen molar-refractivity contribution in [2.75, 3.05) is 26.2 Å².